The van der Waals surface area contributed by atoms with Gasteiger partial charge in [-0.05, 0) is 79.9 Å². The molecule has 23 nitrogen and oxygen atoms in total. The van der Waals surface area contributed by atoms with Crippen molar-refractivity contribution >= 4 is 84.4 Å². The van der Waals surface area contributed by atoms with Gasteiger partial charge in [0.1, 0.15) is 11.8 Å². The number of para-hydroxylation sites is 2. The number of ether oxygens (including phenoxy) is 3. The molecule has 0 saturated heterocycles. The molecule has 0 spiro atoms. The Hall–Kier alpha value is -8.45. The summed E-state index contributed by atoms with van der Waals surface area (Å²) in [6, 6.07) is 22.7. The summed E-state index contributed by atoms with van der Waals surface area (Å²) < 4.78 is 53.1. The number of H-pyrrole nitrogens is 1. The molecule has 3 heterocycles. The zero-order valence-corrected chi connectivity index (χ0v) is 41.7. The molecule has 8 N–H and O–H groups in total. The van der Waals surface area contributed by atoms with Crippen molar-refractivity contribution in [1.82, 2.24) is 35.9 Å². The van der Waals surface area contributed by atoms with Gasteiger partial charge in [-0.25, -0.2) is 23.2 Å². The number of esters is 1. The maximum atomic E-state index is 14.1. The lowest BCUT2D eigenvalue weighted by Gasteiger charge is -2.18. The number of rotatable bonds is 25. The molecule has 0 radical (unpaired) electrons. The molecule has 0 aliphatic carbocycles. The Morgan fingerprint density at radius 3 is 2.08 bits per heavy atom. The topological polar surface area (TPSA) is 340 Å². The average molecular weight is 1050 g/mol. The number of aromatic nitrogens is 5. The minimum Gasteiger partial charge on any atom is -0.748 e. The number of nitrogens with zero attached hydrogens (tertiary/aromatic N) is 4. The summed E-state index contributed by atoms with van der Waals surface area (Å²) in [5.74, 6) is -3.62. The van der Waals surface area contributed by atoms with Gasteiger partial charge in [0.05, 0.1) is 71.3 Å². The van der Waals surface area contributed by atoms with Gasteiger partial charge in [-0.1, -0.05) is 24.3 Å². The van der Waals surface area contributed by atoms with Crippen molar-refractivity contribution in [3.8, 4) is 5.75 Å². The Balaban J connectivity index is 0.818. The van der Waals surface area contributed by atoms with Crippen molar-refractivity contribution in [2.24, 2.45) is 0 Å². The number of carbonyl (C=O) groups is 5. The Labute approximate surface area is 429 Å². The first-order valence-corrected chi connectivity index (χ1v) is 25.2. The van der Waals surface area contributed by atoms with Crippen LogP contribution in [-0.4, -0.2) is 119 Å². The second-order valence-electron chi connectivity index (χ2n) is 17.2. The number of nitrogens with one attached hydrogen (secondary N) is 5. The minimum atomic E-state index is -4.41. The van der Waals surface area contributed by atoms with Crippen LogP contribution in [0.15, 0.2) is 95.9 Å². The molecular formula is C51H54N10O13S. The third-order valence-corrected chi connectivity index (χ3v) is 12.4. The van der Waals surface area contributed by atoms with E-state index >= 15 is 0 Å². The number of anilines is 2. The van der Waals surface area contributed by atoms with Gasteiger partial charge in [0.15, 0.2) is 17.7 Å². The summed E-state index contributed by atoms with van der Waals surface area (Å²) >= 11 is 0. The molecule has 0 aliphatic rings. The van der Waals surface area contributed by atoms with Crippen LogP contribution in [0.1, 0.15) is 67.2 Å². The van der Waals surface area contributed by atoms with Gasteiger partial charge in [-0.3, -0.25) is 29.0 Å². The molecule has 24 heteroatoms. The van der Waals surface area contributed by atoms with Gasteiger partial charge < -0.3 is 50.9 Å². The molecular weight excluding hydrogens is 993 g/mol. The van der Waals surface area contributed by atoms with Gasteiger partial charge in [-0.15, -0.1) is 0 Å². The number of carboxylic acids is 1. The molecule has 3 aromatic heterocycles. The highest BCUT2D eigenvalue weighted by Gasteiger charge is 2.27. The average Bonchev–Trinajstić information content (AvgIpc) is 3.38. The Bertz CT molecular complexity index is 3370. The molecule has 1 unspecified atom stereocenters. The normalized spacial score (nSPS) is 11.8. The number of fused-ring (bicyclic) bond motifs is 3. The third-order valence-electron chi connectivity index (χ3n) is 11.7. The van der Waals surface area contributed by atoms with Crippen molar-refractivity contribution < 1.29 is 60.8 Å². The van der Waals surface area contributed by atoms with Crippen molar-refractivity contribution in [3.05, 3.63) is 135 Å². The quantitative estimate of drug-likeness (QED) is 0.0108. The summed E-state index contributed by atoms with van der Waals surface area (Å²) in [6.45, 7) is 4.72. The second-order valence-corrected chi connectivity index (χ2v) is 18.7. The molecule has 75 heavy (non-hydrogen) atoms. The fourth-order valence-corrected chi connectivity index (χ4v) is 8.64. The highest BCUT2D eigenvalue weighted by Crippen LogP contribution is 2.30. The maximum absolute atomic E-state index is 14.1. The molecule has 3 amide bonds. The number of hydrogen-bond donors (Lipinski definition) is 7. The molecule has 0 aliphatic heterocycles. The number of aryl methyl sites for hydroxylation is 3. The molecule has 0 fully saturated rings. The Morgan fingerprint density at radius 2 is 1.45 bits per heavy atom. The summed E-state index contributed by atoms with van der Waals surface area (Å²) in [5.41, 5.74) is 9.53. The van der Waals surface area contributed by atoms with Gasteiger partial charge >= 0.3 is 11.9 Å². The van der Waals surface area contributed by atoms with Gasteiger partial charge in [0.2, 0.25) is 22.9 Å². The number of carbonyl (C=O) groups excluding carboxylic acids is 4. The van der Waals surface area contributed by atoms with Gasteiger partial charge in [-0.2, -0.15) is 9.55 Å². The van der Waals surface area contributed by atoms with Crippen LogP contribution in [0.25, 0.3) is 33.0 Å². The van der Waals surface area contributed by atoms with E-state index in [0.717, 1.165) is 0 Å². The van der Waals surface area contributed by atoms with Gasteiger partial charge in [0, 0.05) is 60.6 Å². The van der Waals surface area contributed by atoms with E-state index in [4.69, 9.17) is 19.9 Å². The lowest BCUT2D eigenvalue weighted by Crippen LogP contribution is -2.47. The lowest BCUT2D eigenvalue weighted by atomic mass is 10.0. The van der Waals surface area contributed by atoms with E-state index in [0.29, 0.717) is 61.2 Å². The molecule has 0 saturated carbocycles. The van der Waals surface area contributed by atoms with E-state index < -0.39 is 51.2 Å². The zero-order chi connectivity index (χ0) is 53.6. The Morgan fingerprint density at radius 1 is 0.827 bits per heavy atom. The molecule has 4 aromatic carbocycles. The fraction of sp³-hybridized carbons (Fsp3) is 0.294. The van der Waals surface area contributed by atoms with Crippen LogP contribution >= 0.6 is 0 Å². The van der Waals surface area contributed by atoms with E-state index in [1.165, 1.54) is 18.3 Å². The summed E-state index contributed by atoms with van der Waals surface area (Å²) in [4.78, 5) is 91.6. The van der Waals surface area contributed by atoms with Crippen LogP contribution in [0.2, 0.25) is 0 Å². The second kappa shape index (κ2) is 25.0. The highest BCUT2D eigenvalue weighted by atomic mass is 32.2. The maximum Gasteiger partial charge on any atom is 0.345 e. The van der Waals surface area contributed by atoms with Crippen molar-refractivity contribution in [3.63, 3.8) is 0 Å². The monoisotopic (exact) mass is 1050 g/mol. The first-order chi connectivity index (χ1) is 35.9. The SMILES string of the molecule is Cc1cc(C(=O)NCCOCCOCCNC(=O)C(CCC(=O)O)NC(=O)c2ccc(NCc3cnc4nc(N)[nH]c(=O)c4n3)cc2)cc(C)c1OC(=O)c1c2ccccc2[n+](CCCS(=O)(=O)[O-])c2ccccc12. The van der Waals surface area contributed by atoms with E-state index in [2.05, 4.69) is 41.2 Å². The first kappa shape index (κ1) is 54.3. The molecule has 1 atom stereocenters. The predicted molar refractivity (Wildman–Crippen MR) is 273 cm³/mol. The summed E-state index contributed by atoms with van der Waals surface area (Å²) in [7, 11) is -4.41. The number of nitrogens with two attached hydrogens (primary N) is 1. The number of amides is 3. The van der Waals surface area contributed by atoms with E-state index in [1.807, 2.05) is 16.7 Å². The van der Waals surface area contributed by atoms with Crippen LogP contribution < -0.4 is 41.9 Å². The predicted octanol–water partition coefficient (Wildman–Crippen LogP) is 2.82. The number of carboxylic acid groups (broad SMARTS) is 1. The number of benzene rings is 4. The lowest BCUT2D eigenvalue weighted by molar-refractivity contribution is -0.645. The molecule has 7 rings (SSSR count). The zero-order valence-electron chi connectivity index (χ0n) is 40.8. The minimum absolute atomic E-state index is 0.0350. The molecule has 392 valence electrons. The van der Waals surface area contributed by atoms with Crippen molar-refractivity contribution in [1.29, 1.82) is 0 Å². The molecule has 0 bridgehead atoms. The van der Waals surface area contributed by atoms with Crippen LogP contribution in [0.4, 0.5) is 11.6 Å². The van der Waals surface area contributed by atoms with E-state index in [9.17, 15) is 46.8 Å². The third kappa shape index (κ3) is 14.6. The fourth-order valence-electron chi connectivity index (χ4n) is 8.16. The Kier molecular flexibility index (Phi) is 18.1. The number of hydrogen-bond acceptors (Lipinski definition) is 17. The number of nitrogen functional groups attached to an aromatic ring is 1. The standard InChI is InChI=1S/C51H54N10O13S/c1-30-26-33(27-31(2)44(30)74-50(68)42-36-8-3-5-10-39(36)61(20-7-25-75(69,70)71)40-11-6-4-9-37(40)42)46(64)53-18-21-72-23-24-73-22-19-54-48(66)38(16-17-41(62)63)58-47(65)32-12-14-34(15-13-32)55-28-35-29-56-45-43(57-35)49(67)60-51(52)59-45/h3-6,8-15,26-27,29,38H,7,16-25,28H2,1-2H3,(H8-,52,53,54,55,56,58,59,60,62,63,64,65,66,67,69,70,71). The number of pyridine rings is 1. The van der Waals surface area contributed by atoms with Crippen LogP contribution in [-0.2, 0) is 42.3 Å². The van der Waals surface area contributed by atoms with Crippen molar-refractivity contribution in [2.45, 2.75) is 52.2 Å². The summed E-state index contributed by atoms with van der Waals surface area (Å²) in [6.07, 6.45) is 1.01. The first-order valence-electron chi connectivity index (χ1n) is 23.7. The largest absolute Gasteiger partial charge is 0.748 e. The van der Waals surface area contributed by atoms with Crippen LogP contribution in [0.3, 0.4) is 0 Å². The van der Waals surface area contributed by atoms with E-state index in [1.54, 1.807) is 74.5 Å². The number of aliphatic carboxylic acids is 1. The smallest absolute Gasteiger partial charge is 0.345 e. The molecule has 7 aromatic rings. The van der Waals surface area contributed by atoms with Crippen LogP contribution in [0, 0.1) is 13.8 Å². The van der Waals surface area contributed by atoms with Gasteiger partial charge in [0.25, 0.3) is 17.4 Å². The van der Waals surface area contributed by atoms with Crippen LogP contribution in [0.5, 0.6) is 5.75 Å². The summed E-state index contributed by atoms with van der Waals surface area (Å²) in [5, 5.41) is 21.6. The van der Waals surface area contributed by atoms with Crippen molar-refractivity contribution in [2.75, 3.05) is 56.3 Å². The highest BCUT2D eigenvalue weighted by molar-refractivity contribution is 7.85. The number of aromatic amines is 1. The van der Waals surface area contributed by atoms with E-state index in [-0.39, 0.29) is 100 Å².